The Balaban J connectivity index is 2.24. The number of guanidine groups is 1. The van der Waals surface area contributed by atoms with Gasteiger partial charge >= 0.3 is 6.09 Å². The smallest absolute Gasteiger partial charge is 0.407 e. The third-order valence-electron chi connectivity index (χ3n) is 3.23. The fourth-order valence-corrected chi connectivity index (χ4v) is 2.06. The lowest BCUT2D eigenvalue weighted by molar-refractivity contribution is 0.0527. The molecule has 0 unspecified atom stereocenters. The summed E-state index contributed by atoms with van der Waals surface area (Å²) in [6.07, 6.45) is 1.46. The highest BCUT2D eigenvalue weighted by Crippen LogP contribution is 2.06. The van der Waals surface area contributed by atoms with Crippen LogP contribution in [0.5, 0.6) is 0 Å². The van der Waals surface area contributed by atoms with E-state index in [1.54, 1.807) is 0 Å². The Hall–Kier alpha value is -2.24. The minimum Gasteiger partial charge on any atom is -0.444 e. The van der Waals surface area contributed by atoms with Crippen LogP contribution in [0.15, 0.2) is 35.3 Å². The number of alkyl carbamates (subject to hydrolysis) is 1. The first-order valence-electron chi connectivity index (χ1n) is 8.74. The normalized spacial score (nSPS) is 11.8. The SMILES string of the molecule is CN(C)C(=NCc1ccccc1)NCCCCNC(=O)OC(C)(C)C. The maximum atomic E-state index is 11.5. The number of amides is 1. The molecular weight excluding hydrogens is 316 g/mol. The molecule has 0 bridgehead atoms. The predicted octanol–water partition coefficient (Wildman–Crippen LogP) is 3.00. The van der Waals surface area contributed by atoms with Gasteiger partial charge in [-0.15, -0.1) is 0 Å². The van der Waals surface area contributed by atoms with Crippen molar-refractivity contribution in [2.24, 2.45) is 4.99 Å². The van der Waals surface area contributed by atoms with Gasteiger partial charge in [0.25, 0.3) is 0 Å². The summed E-state index contributed by atoms with van der Waals surface area (Å²) in [5.41, 5.74) is 0.729. The van der Waals surface area contributed by atoms with Crippen molar-refractivity contribution in [3.63, 3.8) is 0 Å². The highest BCUT2D eigenvalue weighted by atomic mass is 16.6. The maximum absolute atomic E-state index is 11.5. The molecule has 2 N–H and O–H groups in total. The topological polar surface area (TPSA) is 66.0 Å². The van der Waals surface area contributed by atoms with Crippen molar-refractivity contribution >= 4 is 12.1 Å². The van der Waals surface area contributed by atoms with E-state index in [-0.39, 0.29) is 6.09 Å². The summed E-state index contributed by atoms with van der Waals surface area (Å²) in [5, 5.41) is 6.11. The van der Waals surface area contributed by atoms with Crippen molar-refractivity contribution in [1.82, 2.24) is 15.5 Å². The number of unbranched alkanes of at least 4 members (excludes halogenated alkanes) is 1. The van der Waals surface area contributed by atoms with Crippen molar-refractivity contribution in [3.05, 3.63) is 35.9 Å². The molecular formula is C19H32N4O2. The third kappa shape index (κ3) is 10.3. The summed E-state index contributed by atoms with van der Waals surface area (Å²) >= 11 is 0. The molecule has 0 heterocycles. The Bertz CT molecular complexity index is 536. The zero-order valence-electron chi connectivity index (χ0n) is 16.1. The van der Waals surface area contributed by atoms with Gasteiger partial charge in [-0.2, -0.15) is 0 Å². The van der Waals surface area contributed by atoms with E-state index >= 15 is 0 Å². The number of aliphatic imine (C=N–C) groups is 1. The van der Waals surface area contributed by atoms with E-state index in [1.165, 1.54) is 5.56 Å². The molecule has 6 nitrogen and oxygen atoms in total. The van der Waals surface area contributed by atoms with Gasteiger partial charge in [-0.05, 0) is 39.2 Å². The van der Waals surface area contributed by atoms with Gasteiger partial charge in [0.1, 0.15) is 5.60 Å². The number of benzene rings is 1. The average molecular weight is 348 g/mol. The van der Waals surface area contributed by atoms with E-state index in [0.717, 1.165) is 25.3 Å². The van der Waals surface area contributed by atoms with Crippen LogP contribution in [0.2, 0.25) is 0 Å². The third-order valence-corrected chi connectivity index (χ3v) is 3.23. The van der Waals surface area contributed by atoms with Gasteiger partial charge in [0, 0.05) is 27.2 Å². The molecule has 0 aliphatic heterocycles. The van der Waals surface area contributed by atoms with Crippen molar-refractivity contribution in [1.29, 1.82) is 0 Å². The lowest BCUT2D eigenvalue weighted by Gasteiger charge is -2.20. The molecule has 140 valence electrons. The molecule has 1 amide bonds. The first-order valence-corrected chi connectivity index (χ1v) is 8.74. The van der Waals surface area contributed by atoms with Crippen molar-refractivity contribution in [3.8, 4) is 0 Å². The average Bonchev–Trinajstić information content (AvgIpc) is 2.52. The lowest BCUT2D eigenvalue weighted by Crippen LogP contribution is -2.37. The zero-order valence-corrected chi connectivity index (χ0v) is 16.1. The summed E-state index contributed by atoms with van der Waals surface area (Å²) in [5.74, 6) is 0.865. The molecule has 6 heteroatoms. The van der Waals surface area contributed by atoms with E-state index in [1.807, 2.05) is 58.0 Å². The summed E-state index contributed by atoms with van der Waals surface area (Å²) < 4.78 is 5.20. The number of carbonyl (C=O) groups is 1. The summed E-state index contributed by atoms with van der Waals surface area (Å²) in [6.45, 7) is 7.63. The fraction of sp³-hybridized carbons (Fsp3) is 0.579. The standard InChI is InChI=1S/C19H32N4O2/c1-19(2,3)25-18(24)21-14-10-9-13-20-17(23(4)5)22-15-16-11-7-6-8-12-16/h6-8,11-12H,9-10,13-15H2,1-5H3,(H,20,22)(H,21,24). The van der Waals surface area contributed by atoms with Gasteiger partial charge in [-0.1, -0.05) is 30.3 Å². The van der Waals surface area contributed by atoms with E-state index in [9.17, 15) is 4.79 Å². The summed E-state index contributed by atoms with van der Waals surface area (Å²) in [4.78, 5) is 18.1. The number of ether oxygens (including phenoxy) is 1. The van der Waals surface area contributed by atoms with Crippen LogP contribution in [-0.4, -0.2) is 49.7 Å². The van der Waals surface area contributed by atoms with Crippen LogP contribution in [0.1, 0.15) is 39.2 Å². The number of hydrogen-bond acceptors (Lipinski definition) is 3. The van der Waals surface area contributed by atoms with E-state index in [0.29, 0.717) is 13.1 Å². The monoisotopic (exact) mass is 348 g/mol. The first kappa shape index (κ1) is 20.8. The molecule has 1 rings (SSSR count). The molecule has 1 aromatic rings. The van der Waals surface area contributed by atoms with E-state index in [2.05, 4.69) is 27.8 Å². The second-order valence-electron chi connectivity index (χ2n) is 7.08. The van der Waals surface area contributed by atoms with Gasteiger partial charge in [-0.25, -0.2) is 9.79 Å². The van der Waals surface area contributed by atoms with E-state index < -0.39 is 5.60 Å². The van der Waals surface area contributed by atoms with Crippen molar-refractivity contribution in [2.45, 2.75) is 45.8 Å². The molecule has 0 aromatic heterocycles. The van der Waals surface area contributed by atoms with Gasteiger partial charge in [0.15, 0.2) is 5.96 Å². The molecule has 0 fully saturated rings. The molecule has 25 heavy (non-hydrogen) atoms. The van der Waals surface area contributed by atoms with Crippen LogP contribution >= 0.6 is 0 Å². The minimum absolute atomic E-state index is 0.362. The fourth-order valence-electron chi connectivity index (χ4n) is 2.06. The highest BCUT2D eigenvalue weighted by Gasteiger charge is 2.15. The molecule has 0 saturated carbocycles. The van der Waals surface area contributed by atoms with Crippen LogP contribution < -0.4 is 10.6 Å². The Morgan fingerprint density at radius 3 is 2.24 bits per heavy atom. The molecule has 0 aliphatic carbocycles. The highest BCUT2D eigenvalue weighted by molar-refractivity contribution is 5.79. The molecule has 0 saturated heterocycles. The minimum atomic E-state index is -0.457. The van der Waals surface area contributed by atoms with Gasteiger partial charge < -0.3 is 20.3 Å². The van der Waals surface area contributed by atoms with Crippen LogP contribution in [-0.2, 0) is 11.3 Å². The number of carbonyl (C=O) groups excluding carboxylic acids is 1. The predicted molar refractivity (Wildman–Crippen MR) is 103 cm³/mol. The molecule has 0 spiro atoms. The van der Waals surface area contributed by atoms with Crippen LogP contribution in [0.4, 0.5) is 4.79 Å². The molecule has 0 aliphatic rings. The summed E-state index contributed by atoms with van der Waals surface area (Å²) in [7, 11) is 3.95. The Kier molecular flexibility index (Phi) is 8.81. The van der Waals surface area contributed by atoms with Crippen LogP contribution in [0.25, 0.3) is 0 Å². The van der Waals surface area contributed by atoms with E-state index in [4.69, 9.17) is 4.74 Å². The second kappa shape index (κ2) is 10.6. The van der Waals surface area contributed by atoms with Crippen LogP contribution in [0.3, 0.4) is 0 Å². The Morgan fingerprint density at radius 1 is 1.08 bits per heavy atom. The quantitative estimate of drug-likeness (QED) is 0.452. The van der Waals surface area contributed by atoms with Crippen LogP contribution in [0, 0.1) is 0 Å². The maximum Gasteiger partial charge on any atom is 0.407 e. The largest absolute Gasteiger partial charge is 0.444 e. The Morgan fingerprint density at radius 2 is 1.68 bits per heavy atom. The number of nitrogens with zero attached hydrogens (tertiary/aromatic N) is 2. The lowest BCUT2D eigenvalue weighted by atomic mass is 10.2. The van der Waals surface area contributed by atoms with Crippen molar-refractivity contribution < 1.29 is 9.53 Å². The van der Waals surface area contributed by atoms with Gasteiger partial charge in [0.2, 0.25) is 0 Å². The van der Waals surface area contributed by atoms with Gasteiger partial charge in [-0.3, -0.25) is 0 Å². The zero-order chi connectivity index (χ0) is 18.7. The summed E-state index contributed by atoms with van der Waals surface area (Å²) in [6, 6.07) is 10.2. The number of nitrogens with one attached hydrogen (secondary N) is 2. The molecule has 0 radical (unpaired) electrons. The second-order valence-corrected chi connectivity index (χ2v) is 7.08. The Labute approximate surface area is 151 Å². The number of rotatable bonds is 7. The van der Waals surface area contributed by atoms with Gasteiger partial charge in [0.05, 0.1) is 6.54 Å². The first-order chi connectivity index (χ1) is 11.8. The molecule has 1 aromatic carbocycles. The van der Waals surface area contributed by atoms with Crippen molar-refractivity contribution in [2.75, 3.05) is 27.2 Å². The number of hydrogen-bond donors (Lipinski definition) is 2. The molecule has 0 atom stereocenters.